The maximum atomic E-state index is 6.62. The van der Waals surface area contributed by atoms with Crippen LogP contribution in [0.1, 0.15) is 51.7 Å². The summed E-state index contributed by atoms with van der Waals surface area (Å²) in [5.74, 6) is 0. The minimum atomic E-state index is -0.0401. The number of hydrogen-bond donors (Lipinski definition) is 0. The predicted molar refractivity (Wildman–Crippen MR) is 232 cm³/mol. The molecule has 0 N–H and O–H groups in total. The Kier molecular flexibility index (Phi) is 7.89. The molecule has 8 aromatic rings. The normalized spacial score (nSPS) is 13.3. The van der Waals surface area contributed by atoms with E-state index in [1.165, 1.54) is 87.4 Å². The fraction of sp³-hybridized carbons (Fsp3) is 0.160. The van der Waals surface area contributed by atoms with Gasteiger partial charge < -0.3 is 9.32 Å². The predicted octanol–water partition coefficient (Wildman–Crippen LogP) is 12.3. The van der Waals surface area contributed by atoms with Crippen molar-refractivity contribution in [3.05, 3.63) is 157 Å². The van der Waals surface area contributed by atoms with Gasteiger partial charge in [0.1, 0.15) is 11.2 Å². The fourth-order valence-corrected chi connectivity index (χ4v) is 9.90. The lowest BCUT2D eigenvalue weighted by molar-refractivity contribution is 0.589. The first-order chi connectivity index (χ1) is 26.4. The number of unbranched alkanes of at least 4 members (excludes halogenated alkanes) is 1. The molecule has 262 valence electrons. The molecular formula is C50H42BNOS. The van der Waals surface area contributed by atoms with Crippen LogP contribution in [0.25, 0.3) is 44.2 Å². The van der Waals surface area contributed by atoms with E-state index in [-0.39, 0.29) is 12.1 Å². The molecule has 0 spiro atoms. The quantitative estimate of drug-likeness (QED) is 0.160. The van der Waals surface area contributed by atoms with E-state index < -0.39 is 0 Å². The first-order valence-electron chi connectivity index (χ1n) is 19.4. The summed E-state index contributed by atoms with van der Waals surface area (Å²) in [7, 11) is 0. The van der Waals surface area contributed by atoms with Crippen LogP contribution in [0, 0.1) is 0 Å². The van der Waals surface area contributed by atoms with Crippen molar-refractivity contribution in [1.82, 2.24) is 0 Å². The molecule has 10 rings (SSSR count). The fourth-order valence-electron chi connectivity index (χ4n) is 8.72. The number of furan rings is 1. The maximum Gasteiger partial charge on any atom is 0.249 e. The Morgan fingerprint density at radius 2 is 1.30 bits per heavy atom. The van der Waals surface area contributed by atoms with Crippen molar-refractivity contribution in [2.45, 2.75) is 62.2 Å². The van der Waals surface area contributed by atoms with Crippen molar-refractivity contribution in [3.8, 4) is 22.3 Å². The largest absolute Gasteiger partial charge is 0.456 e. The Bertz CT molecular complexity index is 2730. The topological polar surface area (TPSA) is 16.4 Å². The number of para-hydroxylation sites is 1. The third-order valence-corrected chi connectivity index (χ3v) is 12.6. The van der Waals surface area contributed by atoms with Gasteiger partial charge >= 0.3 is 0 Å². The summed E-state index contributed by atoms with van der Waals surface area (Å²) in [4.78, 5) is 5.32. The van der Waals surface area contributed by atoms with Crippen molar-refractivity contribution in [2.24, 2.45) is 0 Å². The van der Waals surface area contributed by atoms with E-state index in [9.17, 15) is 0 Å². The average Bonchev–Trinajstić information content (AvgIpc) is 3.59. The van der Waals surface area contributed by atoms with Crippen LogP contribution >= 0.6 is 11.8 Å². The highest BCUT2D eigenvalue weighted by Crippen LogP contribution is 2.49. The molecule has 7 aromatic carbocycles. The third-order valence-electron chi connectivity index (χ3n) is 11.5. The van der Waals surface area contributed by atoms with Gasteiger partial charge in [0.15, 0.2) is 0 Å². The smallest absolute Gasteiger partial charge is 0.249 e. The van der Waals surface area contributed by atoms with Crippen molar-refractivity contribution in [2.75, 3.05) is 4.90 Å². The van der Waals surface area contributed by atoms with Gasteiger partial charge in [0.2, 0.25) is 6.71 Å². The first-order valence-corrected chi connectivity index (χ1v) is 20.2. The lowest BCUT2D eigenvalue weighted by Crippen LogP contribution is -2.60. The van der Waals surface area contributed by atoms with Crippen molar-refractivity contribution in [3.63, 3.8) is 0 Å². The highest BCUT2D eigenvalue weighted by atomic mass is 32.2. The molecule has 2 nitrogen and oxygen atoms in total. The number of fused-ring (bicyclic) bond motifs is 7. The number of aryl methyl sites for hydroxylation is 1. The number of benzene rings is 7. The molecule has 0 saturated carbocycles. The lowest BCUT2D eigenvalue weighted by Gasteiger charge is -2.42. The Hall–Kier alpha value is -5.45. The van der Waals surface area contributed by atoms with Crippen molar-refractivity contribution in [1.29, 1.82) is 0 Å². The van der Waals surface area contributed by atoms with Crippen LogP contribution in [0.4, 0.5) is 17.1 Å². The molecule has 0 amide bonds. The average molecular weight is 716 g/mol. The summed E-state index contributed by atoms with van der Waals surface area (Å²) in [5.41, 5.74) is 17.4. The van der Waals surface area contributed by atoms with Crippen LogP contribution in [0.5, 0.6) is 0 Å². The van der Waals surface area contributed by atoms with Gasteiger partial charge in [-0.1, -0.05) is 161 Å². The number of nitrogens with zero attached hydrogens (tertiary/aromatic N) is 1. The highest BCUT2D eigenvalue weighted by molar-refractivity contribution is 8.00. The zero-order valence-corrected chi connectivity index (χ0v) is 32.1. The number of hydrogen-bond acceptors (Lipinski definition) is 3. The second-order valence-electron chi connectivity index (χ2n) is 15.9. The Morgan fingerprint density at radius 1 is 0.611 bits per heavy atom. The maximum absolute atomic E-state index is 6.62. The van der Waals surface area contributed by atoms with Crippen molar-refractivity contribution < 1.29 is 4.42 Å². The SMILES string of the molecule is CCCCc1ccc2oc3ccccc3c2c1N1c2ccc(-c3ccccc3)cc2B2c3cc(-c4ccccc4)ccc3Sc3cc(C(C)(C)C)cc1c32. The molecular weight excluding hydrogens is 673 g/mol. The summed E-state index contributed by atoms with van der Waals surface area (Å²) in [6.07, 6.45) is 3.25. The standard InChI is InChI=1S/C50H42BNOS/c1-5-6-15-34-23-26-44-47(38-20-13-14-21-43(38)53-44)49(34)52-41-25-22-35(32-16-9-7-10-17-32)28-39(41)51-40-29-36(33-18-11-8-12-19-33)24-27-45(40)54-46-31-37(50(2,3)4)30-42(52)48(46)51/h7-14,16-31H,5-6,15H2,1-4H3. The van der Waals surface area contributed by atoms with E-state index in [4.69, 9.17) is 4.42 Å². The van der Waals surface area contributed by atoms with Gasteiger partial charge in [-0.25, -0.2) is 0 Å². The molecule has 0 fully saturated rings. The van der Waals surface area contributed by atoms with E-state index >= 15 is 0 Å². The molecule has 1 aromatic heterocycles. The minimum absolute atomic E-state index is 0.0401. The van der Waals surface area contributed by atoms with Gasteiger partial charge in [0.25, 0.3) is 0 Å². The molecule has 4 heteroatoms. The second-order valence-corrected chi connectivity index (χ2v) is 17.0. The molecule has 0 unspecified atom stereocenters. The number of anilines is 3. The second kappa shape index (κ2) is 12.9. The molecule has 0 atom stereocenters. The van der Waals surface area contributed by atoms with E-state index in [1.54, 1.807) is 0 Å². The molecule has 0 bridgehead atoms. The van der Waals surface area contributed by atoms with E-state index in [0.717, 1.165) is 30.4 Å². The number of rotatable bonds is 6. The van der Waals surface area contributed by atoms with E-state index in [2.05, 4.69) is 178 Å². The summed E-state index contributed by atoms with van der Waals surface area (Å²) >= 11 is 1.94. The first kappa shape index (κ1) is 33.1. The van der Waals surface area contributed by atoms with Crippen LogP contribution in [0.2, 0.25) is 0 Å². The highest BCUT2D eigenvalue weighted by Gasteiger charge is 2.43. The van der Waals surface area contributed by atoms with Gasteiger partial charge in [-0.2, -0.15) is 0 Å². The van der Waals surface area contributed by atoms with Gasteiger partial charge in [-0.05, 0) is 99.0 Å². The third kappa shape index (κ3) is 5.34. The zero-order valence-electron chi connectivity index (χ0n) is 31.3. The monoisotopic (exact) mass is 715 g/mol. The van der Waals surface area contributed by atoms with Gasteiger partial charge in [-0.15, -0.1) is 0 Å². The van der Waals surface area contributed by atoms with E-state index in [0.29, 0.717) is 0 Å². The van der Waals surface area contributed by atoms with Crippen LogP contribution in [0.3, 0.4) is 0 Å². The van der Waals surface area contributed by atoms with E-state index in [1.807, 2.05) is 11.8 Å². The minimum Gasteiger partial charge on any atom is -0.456 e. The Balaban J connectivity index is 1.33. The molecule has 0 radical (unpaired) electrons. The molecule has 3 heterocycles. The molecule has 54 heavy (non-hydrogen) atoms. The van der Waals surface area contributed by atoms with Gasteiger partial charge in [0, 0.05) is 26.6 Å². The zero-order chi connectivity index (χ0) is 36.6. The van der Waals surface area contributed by atoms with Crippen molar-refractivity contribution >= 4 is 73.9 Å². The molecule has 0 aliphatic carbocycles. The Morgan fingerprint density at radius 3 is 2.02 bits per heavy atom. The summed E-state index contributed by atoms with van der Waals surface area (Å²) in [6, 6.07) is 54.2. The van der Waals surface area contributed by atoms with Crippen LogP contribution in [-0.4, -0.2) is 6.71 Å². The summed E-state index contributed by atoms with van der Waals surface area (Å²) in [6.45, 7) is 9.39. The van der Waals surface area contributed by atoms with Gasteiger partial charge in [0.05, 0.1) is 11.1 Å². The van der Waals surface area contributed by atoms with Crippen LogP contribution in [-0.2, 0) is 11.8 Å². The summed E-state index contributed by atoms with van der Waals surface area (Å²) < 4.78 is 6.62. The van der Waals surface area contributed by atoms with Gasteiger partial charge in [-0.3, -0.25) is 0 Å². The lowest BCUT2D eigenvalue weighted by atomic mass is 9.34. The molecule has 2 aliphatic rings. The van der Waals surface area contributed by atoms with Crippen LogP contribution < -0.4 is 21.3 Å². The Labute approximate surface area is 322 Å². The molecule has 0 saturated heterocycles. The summed E-state index contributed by atoms with van der Waals surface area (Å²) in [5, 5.41) is 2.36. The molecule has 2 aliphatic heterocycles. The van der Waals surface area contributed by atoms with Crippen LogP contribution in [0.15, 0.2) is 160 Å².